The highest BCUT2D eigenvalue weighted by atomic mass is 79.9. The second kappa shape index (κ2) is 6.16. The zero-order chi connectivity index (χ0) is 14.9. The van der Waals surface area contributed by atoms with Crippen LogP contribution in [0.25, 0.3) is 0 Å². The normalized spacial score (nSPS) is 10.9. The van der Waals surface area contributed by atoms with Crippen LogP contribution < -0.4 is 10.5 Å². The molecule has 0 atom stereocenters. The van der Waals surface area contributed by atoms with Gasteiger partial charge in [0.15, 0.2) is 0 Å². The molecule has 0 bridgehead atoms. The van der Waals surface area contributed by atoms with Crippen molar-refractivity contribution in [3.05, 3.63) is 38.5 Å². The highest BCUT2D eigenvalue weighted by Crippen LogP contribution is 2.36. The molecule has 2 rings (SSSR count). The Morgan fingerprint density at radius 2 is 1.85 bits per heavy atom. The van der Waals surface area contributed by atoms with Crippen LogP contribution in [0.3, 0.4) is 0 Å². The molecule has 1 aromatic carbocycles. The van der Waals surface area contributed by atoms with E-state index < -0.39 is 0 Å². The molecule has 0 spiro atoms. The minimum Gasteiger partial charge on any atom is -0.437 e. The smallest absolute Gasteiger partial charge is 0.224 e. The molecular formula is C13H12BrCl2N3O. The molecule has 7 heteroatoms. The lowest BCUT2D eigenvalue weighted by Gasteiger charge is -2.11. The van der Waals surface area contributed by atoms with Crippen LogP contribution in [0.15, 0.2) is 22.7 Å². The first-order chi connectivity index (χ1) is 9.36. The average Bonchev–Trinajstić information content (AvgIpc) is 2.35. The molecule has 0 saturated heterocycles. The zero-order valence-corrected chi connectivity index (χ0v) is 13.9. The van der Waals surface area contributed by atoms with Crippen LogP contribution in [0.4, 0.5) is 5.82 Å². The highest BCUT2D eigenvalue weighted by molar-refractivity contribution is 9.10. The first kappa shape index (κ1) is 15.4. The molecule has 0 aliphatic carbocycles. The third kappa shape index (κ3) is 3.53. The number of hydrogen-bond donors (Lipinski definition) is 1. The number of aromatic nitrogens is 2. The lowest BCUT2D eigenvalue weighted by Crippen LogP contribution is -2.03. The number of anilines is 1. The number of rotatable bonds is 3. The van der Waals surface area contributed by atoms with Gasteiger partial charge < -0.3 is 10.5 Å². The Kier molecular flexibility index (Phi) is 4.73. The first-order valence-corrected chi connectivity index (χ1v) is 7.38. The Morgan fingerprint density at radius 3 is 2.50 bits per heavy atom. The van der Waals surface area contributed by atoms with E-state index in [4.69, 9.17) is 33.7 Å². The topological polar surface area (TPSA) is 61.0 Å². The SMILES string of the molecule is CC(C)c1nc(N)cc(Oc2cc(Cl)c(Br)cc2Cl)n1. The van der Waals surface area contributed by atoms with E-state index in [2.05, 4.69) is 25.9 Å². The molecule has 2 aromatic rings. The van der Waals surface area contributed by atoms with E-state index in [1.807, 2.05) is 13.8 Å². The van der Waals surface area contributed by atoms with Gasteiger partial charge in [-0.2, -0.15) is 4.98 Å². The van der Waals surface area contributed by atoms with Crippen LogP contribution in [0.2, 0.25) is 10.0 Å². The molecule has 0 saturated carbocycles. The number of benzene rings is 1. The van der Waals surface area contributed by atoms with Crippen molar-refractivity contribution in [1.82, 2.24) is 9.97 Å². The summed E-state index contributed by atoms with van der Waals surface area (Å²) in [5.74, 6) is 1.84. The van der Waals surface area contributed by atoms with Gasteiger partial charge in [0.2, 0.25) is 5.88 Å². The number of halogens is 3. The van der Waals surface area contributed by atoms with Gasteiger partial charge >= 0.3 is 0 Å². The van der Waals surface area contributed by atoms with Gasteiger partial charge in [0.25, 0.3) is 0 Å². The van der Waals surface area contributed by atoms with Crippen LogP contribution >= 0.6 is 39.1 Å². The van der Waals surface area contributed by atoms with Crippen molar-refractivity contribution in [1.29, 1.82) is 0 Å². The molecule has 20 heavy (non-hydrogen) atoms. The third-order valence-electron chi connectivity index (χ3n) is 2.45. The Balaban J connectivity index is 2.37. The molecule has 0 amide bonds. The minimum absolute atomic E-state index is 0.143. The Bertz CT molecular complexity index is 650. The molecular weight excluding hydrogens is 365 g/mol. The largest absolute Gasteiger partial charge is 0.437 e. The van der Waals surface area contributed by atoms with Gasteiger partial charge in [0.05, 0.1) is 10.0 Å². The van der Waals surface area contributed by atoms with Crippen LogP contribution in [-0.4, -0.2) is 9.97 Å². The van der Waals surface area contributed by atoms with Crippen molar-refractivity contribution in [3.63, 3.8) is 0 Å². The van der Waals surface area contributed by atoms with Crippen molar-refractivity contribution in [2.45, 2.75) is 19.8 Å². The Morgan fingerprint density at radius 1 is 1.15 bits per heavy atom. The summed E-state index contributed by atoms with van der Waals surface area (Å²) in [5.41, 5.74) is 5.75. The van der Waals surface area contributed by atoms with Crippen molar-refractivity contribution in [2.24, 2.45) is 0 Å². The molecule has 2 N–H and O–H groups in total. The second-order valence-electron chi connectivity index (χ2n) is 4.44. The van der Waals surface area contributed by atoms with Gasteiger partial charge in [-0.3, -0.25) is 0 Å². The second-order valence-corrected chi connectivity index (χ2v) is 6.11. The van der Waals surface area contributed by atoms with Crippen molar-refractivity contribution in [2.75, 3.05) is 5.73 Å². The van der Waals surface area contributed by atoms with Crippen molar-refractivity contribution in [3.8, 4) is 11.6 Å². The lowest BCUT2D eigenvalue weighted by atomic mass is 10.2. The molecule has 0 unspecified atom stereocenters. The monoisotopic (exact) mass is 375 g/mol. The minimum atomic E-state index is 0.143. The molecule has 0 radical (unpaired) electrons. The van der Waals surface area contributed by atoms with Gasteiger partial charge in [0, 0.05) is 22.5 Å². The molecule has 106 valence electrons. The van der Waals surface area contributed by atoms with E-state index in [0.717, 1.165) is 0 Å². The highest BCUT2D eigenvalue weighted by Gasteiger charge is 2.11. The van der Waals surface area contributed by atoms with E-state index in [-0.39, 0.29) is 5.92 Å². The Hall–Kier alpha value is -1.04. The fraction of sp³-hybridized carbons (Fsp3) is 0.231. The fourth-order valence-corrected chi connectivity index (χ4v) is 2.30. The summed E-state index contributed by atoms with van der Waals surface area (Å²) in [4.78, 5) is 8.44. The summed E-state index contributed by atoms with van der Waals surface area (Å²) in [6.07, 6.45) is 0. The molecule has 4 nitrogen and oxygen atoms in total. The van der Waals surface area contributed by atoms with Gasteiger partial charge in [-0.1, -0.05) is 37.0 Å². The maximum absolute atomic E-state index is 6.11. The number of hydrogen-bond acceptors (Lipinski definition) is 4. The predicted octanol–water partition coefficient (Wildman–Crippen LogP) is 5.04. The third-order valence-corrected chi connectivity index (χ3v) is 3.94. The number of ether oxygens (including phenoxy) is 1. The van der Waals surface area contributed by atoms with E-state index in [9.17, 15) is 0 Å². The van der Waals surface area contributed by atoms with Gasteiger partial charge in [-0.05, 0) is 22.0 Å². The van der Waals surface area contributed by atoms with Gasteiger partial charge in [0.1, 0.15) is 17.4 Å². The molecule has 1 aromatic heterocycles. The summed E-state index contributed by atoms with van der Waals surface area (Å²) < 4.78 is 6.34. The summed E-state index contributed by atoms with van der Waals surface area (Å²) in [7, 11) is 0. The van der Waals surface area contributed by atoms with Gasteiger partial charge in [-0.25, -0.2) is 4.98 Å². The van der Waals surface area contributed by atoms with Crippen LogP contribution in [0.5, 0.6) is 11.6 Å². The summed E-state index contributed by atoms with van der Waals surface area (Å²) in [6, 6.07) is 4.81. The van der Waals surface area contributed by atoms with Crippen LogP contribution in [-0.2, 0) is 0 Å². The lowest BCUT2D eigenvalue weighted by molar-refractivity contribution is 0.457. The molecule has 0 fully saturated rings. The van der Waals surface area contributed by atoms with E-state index in [1.165, 1.54) is 6.07 Å². The average molecular weight is 377 g/mol. The Labute approximate surface area is 135 Å². The van der Waals surface area contributed by atoms with Crippen molar-refractivity contribution >= 4 is 44.9 Å². The number of nitrogen functional groups attached to an aromatic ring is 1. The summed E-state index contributed by atoms with van der Waals surface area (Å²) in [5, 5.41) is 0.917. The van der Waals surface area contributed by atoms with E-state index in [1.54, 1.807) is 12.1 Å². The first-order valence-electron chi connectivity index (χ1n) is 5.83. The van der Waals surface area contributed by atoms with E-state index in [0.29, 0.717) is 37.8 Å². The molecule has 0 aliphatic heterocycles. The fourth-order valence-electron chi connectivity index (χ4n) is 1.47. The number of nitrogens with two attached hydrogens (primary N) is 1. The van der Waals surface area contributed by atoms with Crippen molar-refractivity contribution < 1.29 is 4.74 Å². The quantitative estimate of drug-likeness (QED) is 0.762. The molecule has 0 aliphatic rings. The molecule has 1 heterocycles. The number of nitrogens with zero attached hydrogens (tertiary/aromatic N) is 2. The maximum Gasteiger partial charge on any atom is 0.224 e. The van der Waals surface area contributed by atoms with Crippen LogP contribution in [0, 0.1) is 0 Å². The van der Waals surface area contributed by atoms with E-state index >= 15 is 0 Å². The van der Waals surface area contributed by atoms with Gasteiger partial charge in [-0.15, -0.1) is 0 Å². The maximum atomic E-state index is 6.11. The van der Waals surface area contributed by atoms with Crippen LogP contribution in [0.1, 0.15) is 25.6 Å². The summed E-state index contributed by atoms with van der Waals surface area (Å²) in [6.45, 7) is 3.95. The predicted molar refractivity (Wildman–Crippen MR) is 84.8 cm³/mol. The summed E-state index contributed by atoms with van der Waals surface area (Å²) >= 11 is 15.4. The standard InChI is InChI=1S/C13H12BrCl2N3O/c1-6(2)13-18-11(17)5-12(19-13)20-10-4-8(15)7(14)3-9(10)16/h3-6H,1-2H3,(H2,17,18,19). The zero-order valence-electron chi connectivity index (χ0n) is 10.8.